The second-order valence-corrected chi connectivity index (χ2v) is 14.4. The lowest BCUT2D eigenvalue weighted by molar-refractivity contribution is -0.0498. The zero-order chi connectivity index (χ0) is 32.0. The molecule has 2 aromatic rings. The van der Waals surface area contributed by atoms with Crippen molar-refractivity contribution in [2.75, 3.05) is 0 Å². The van der Waals surface area contributed by atoms with E-state index in [1.54, 1.807) is 12.1 Å². The van der Waals surface area contributed by atoms with Crippen LogP contribution in [0.2, 0.25) is 0 Å². The summed E-state index contributed by atoms with van der Waals surface area (Å²) in [6.45, 7) is 1.83. The molecule has 2 aliphatic carbocycles. The first-order chi connectivity index (χ1) is 22.1. The molecule has 2 aromatic carbocycles. The fourth-order valence-electron chi connectivity index (χ4n) is 7.74. The topological polar surface area (TPSA) is 9.23 Å². The van der Waals surface area contributed by atoms with Crippen molar-refractivity contribution in [3.05, 3.63) is 65.7 Å². The molecule has 3 heteroatoms. The predicted octanol–water partition coefficient (Wildman–Crippen LogP) is 13.8. The molecule has 0 aromatic heterocycles. The first-order valence-corrected chi connectivity index (χ1v) is 19.1. The van der Waals surface area contributed by atoms with Crippen LogP contribution in [0.25, 0.3) is 0 Å². The highest BCUT2D eigenvalue weighted by molar-refractivity contribution is 5.27. The SMILES string of the molecule is CCCCCCC1CCC(CCc2ccccc2)CC1.CCCCCCCC1CCC(CCc2ccc(OC(F)F)cc2)CC1. The Morgan fingerprint density at radius 1 is 0.511 bits per heavy atom. The zero-order valence-corrected chi connectivity index (χ0v) is 29.0. The largest absolute Gasteiger partial charge is 0.435 e. The van der Waals surface area contributed by atoms with Gasteiger partial charge in [-0.05, 0) is 72.6 Å². The number of ether oxygens (including phenoxy) is 1. The van der Waals surface area contributed by atoms with Crippen molar-refractivity contribution in [3.63, 3.8) is 0 Å². The molecular formula is C42H66F2O. The minimum Gasteiger partial charge on any atom is -0.435 e. The zero-order valence-electron chi connectivity index (χ0n) is 29.0. The lowest BCUT2D eigenvalue weighted by Crippen LogP contribution is -2.15. The monoisotopic (exact) mass is 625 g/mol. The van der Waals surface area contributed by atoms with E-state index >= 15 is 0 Å². The highest BCUT2D eigenvalue weighted by Crippen LogP contribution is 2.35. The molecular weight excluding hydrogens is 558 g/mol. The van der Waals surface area contributed by atoms with Crippen LogP contribution in [0.1, 0.15) is 160 Å². The van der Waals surface area contributed by atoms with Gasteiger partial charge in [0.15, 0.2) is 0 Å². The Morgan fingerprint density at radius 2 is 0.911 bits per heavy atom. The van der Waals surface area contributed by atoms with Crippen molar-refractivity contribution in [2.45, 2.75) is 168 Å². The molecule has 0 N–H and O–H groups in total. The molecule has 2 saturated carbocycles. The average molecular weight is 625 g/mol. The number of unbranched alkanes of at least 4 members (excludes halogenated alkanes) is 7. The van der Waals surface area contributed by atoms with Crippen molar-refractivity contribution in [1.82, 2.24) is 0 Å². The Kier molecular flexibility index (Phi) is 19.5. The van der Waals surface area contributed by atoms with Gasteiger partial charge in [-0.15, -0.1) is 0 Å². The molecule has 0 radical (unpaired) electrons. The fourth-order valence-corrected chi connectivity index (χ4v) is 7.74. The van der Waals surface area contributed by atoms with Gasteiger partial charge in [-0.25, -0.2) is 0 Å². The molecule has 0 amide bonds. The Hall–Kier alpha value is -1.90. The predicted molar refractivity (Wildman–Crippen MR) is 189 cm³/mol. The molecule has 0 aliphatic heterocycles. The summed E-state index contributed by atoms with van der Waals surface area (Å²) in [5.41, 5.74) is 2.74. The molecule has 0 unspecified atom stereocenters. The molecule has 0 bridgehead atoms. The normalized spacial score (nSPS) is 21.7. The number of hydrogen-bond acceptors (Lipinski definition) is 1. The van der Waals surface area contributed by atoms with Crippen LogP contribution in [0.4, 0.5) is 8.78 Å². The molecule has 2 aliphatic rings. The van der Waals surface area contributed by atoms with Gasteiger partial charge in [-0.1, -0.05) is 178 Å². The molecule has 254 valence electrons. The first kappa shape index (κ1) is 37.6. The van der Waals surface area contributed by atoms with Crippen LogP contribution in [-0.4, -0.2) is 6.61 Å². The molecule has 0 saturated heterocycles. The summed E-state index contributed by atoms with van der Waals surface area (Å²) in [7, 11) is 0. The second-order valence-electron chi connectivity index (χ2n) is 14.4. The van der Waals surface area contributed by atoms with Crippen molar-refractivity contribution in [1.29, 1.82) is 0 Å². The third kappa shape index (κ3) is 17.0. The van der Waals surface area contributed by atoms with Crippen LogP contribution >= 0.6 is 0 Å². The summed E-state index contributed by atoms with van der Waals surface area (Å²) >= 11 is 0. The van der Waals surface area contributed by atoms with E-state index in [4.69, 9.17) is 0 Å². The Morgan fingerprint density at radius 3 is 1.36 bits per heavy atom. The average Bonchev–Trinajstić information content (AvgIpc) is 3.07. The van der Waals surface area contributed by atoms with E-state index in [-0.39, 0.29) is 5.75 Å². The summed E-state index contributed by atoms with van der Waals surface area (Å²) in [6, 6.07) is 18.1. The smallest absolute Gasteiger partial charge is 0.387 e. The first-order valence-electron chi connectivity index (χ1n) is 19.1. The van der Waals surface area contributed by atoms with Gasteiger partial charge >= 0.3 is 6.61 Å². The van der Waals surface area contributed by atoms with Gasteiger partial charge in [0, 0.05) is 0 Å². The van der Waals surface area contributed by atoms with Gasteiger partial charge in [0.2, 0.25) is 0 Å². The number of hydrogen-bond donors (Lipinski definition) is 0. The molecule has 1 nitrogen and oxygen atoms in total. The van der Waals surface area contributed by atoms with E-state index in [1.807, 2.05) is 12.1 Å². The molecule has 0 heterocycles. The Balaban J connectivity index is 0.000000251. The maximum atomic E-state index is 12.2. The summed E-state index contributed by atoms with van der Waals surface area (Å²) < 4.78 is 28.7. The van der Waals surface area contributed by atoms with Crippen molar-refractivity contribution < 1.29 is 13.5 Å². The standard InChI is InChI=1S/C22H34F2O.C20H32/c1-2-3-4-5-6-7-18-8-10-19(11-9-18)12-13-20-14-16-21(17-15-20)25-22(23)24;1-2-3-4-6-11-19-13-16-20(17-14-19)15-12-18-9-7-5-8-10-18/h14-19,22H,2-13H2,1H3;5,7-10,19-20H,2-4,6,11-17H2,1H3. The molecule has 45 heavy (non-hydrogen) atoms. The number of rotatable bonds is 19. The van der Waals surface area contributed by atoms with Gasteiger partial charge in [0.05, 0.1) is 0 Å². The fraction of sp³-hybridized carbons (Fsp3) is 0.714. The van der Waals surface area contributed by atoms with E-state index in [0.717, 1.165) is 30.1 Å². The molecule has 4 rings (SSSR count). The molecule has 0 spiro atoms. The minimum atomic E-state index is -2.74. The maximum absolute atomic E-state index is 12.2. The maximum Gasteiger partial charge on any atom is 0.387 e. The summed E-state index contributed by atoms with van der Waals surface area (Å²) in [5.74, 6) is 4.11. The summed E-state index contributed by atoms with van der Waals surface area (Å²) in [4.78, 5) is 0. The third-order valence-corrected chi connectivity index (χ3v) is 10.8. The van der Waals surface area contributed by atoms with Crippen LogP contribution in [0.3, 0.4) is 0 Å². The van der Waals surface area contributed by atoms with E-state index in [1.165, 1.54) is 152 Å². The molecule has 0 atom stereocenters. The highest BCUT2D eigenvalue weighted by atomic mass is 19.3. The van der Waals surface area contributed by atoms with E-state index in [0.29, 0.717) is 0 Å². The van der Waals surface area contributed by atoms with Crippen LogP contribution in [0.15, 0.2) is 54.6 Å². The quantitative estimate of drug-likeness (QED) is 0.141. The van der Waals surface area contributed by atoms with E-state index in [9.17, 15) is 8.78 Å². The third-order valence-electron chi connectivity index (χ3n) is 10.8. The van der Waals surface area contributed by atoms with Crippen molar-refractivity contribution in [3.8, 4) is 5.75 Å². The van der Waals surface area contributed by atoms with Crippen LogP contribution in [-0.2, 0) is 12.8 Å². The summed E-state index contributed by atoms with van der Waals surface area (Å²) in [6.07, 6.45) is 32.1. The van der Waals surface area contributed by atoms with Gasteiger partial charge in [-0.2, -0.15) is 8.78 Å². The highest BCUT2D eigenvalue weighted by Gasteiger charge is 2.21. The number of alkyl halides is 2. The Bertz CT molecular complexity index is 942. The van der Waals surface area contributed by atoms with Crippen molar-refractivity contribution in [2.24, 2.45) is 23.7 Å². The van der Waals surface area contributed by atoms with Gasteiger partial charge in [0.1, 0.15) is 5.75 Å². The van der Waals surface area contributed by atoms with E-state index < -0.39 is 6.61 Å². The van der Waals surface area contributed by atoms with Crippen LogP contribution < -0.4 is 4.74 Å². The van der Waals surface area contributed by atoms with Crippen molar-refractivity contribution >= 4 is 0 Å². The number of halogens is 2. The number of aryl methyl sites for hydroxylation is 2. The van der Waals surface area contributed by atoms with Gasteiger partial charge < -0.3 is 4.74 Å². The molecule has 2 fully saturated rings. The van der Waals surface area contributed by atoms with Gasteiger partial charge in [-0.3, -0.25) is 0 Å². The minimum absolute atomic E-state index is 0.248. The lowest BCUT2D eigenvalue weighted by atomic mass is 9.78. The second kappa shape index (κ2) is 23.4. The van der Waals surface area contributed by atoms with E-state index in [2.05, 4.69) is 48.9 Å². The van der Waals surface area contributed by atoms with Gasteiger partial charge in [0.25, 0.3) is 0 Å². The number of benzene rings is 2. The Labute approximate surface area is 276 Å². The summed E-state index contributed by atoms with van der Waals surface area (Å²) in [5, 5.41) is 0. The van der Waals surface area contributed by atoms with Crippen LogP contribution in [0.5, 0.6) is 5.75 Å². The van der Waals surface area contributed by atoms with Crippen LogP contribution in [0, 0.1) is 23.7 Å². The lowest BCUT2D eigenvalue weighted by Gasteiger charge is -2.28.